The van der Waals surface area contributed by atoms with Crippen molar-refractivity contribution in [3.8, 4) is 0 Å². The highest BCUT2D eigenvalue weighted by Crippen LogP contribution is 2.26. The minimum absolute atomic E-state index is 0.134. The molecule has 130 valence electrons. The summed E-state index contributed by atoms with van der Waals surface area (Å²) in [7, 11) is 0. The van der Waals surface area contributed by atoms with Crippen LogP contribution in [0.25, 0.3) is 11.0 Å². The first-order valence-electron chi connectivity index (χ1n) is 9.16. The molecule has 5 heteroatoms. The number of rotatable bonds is 3. The van der Waals surface area contributed by atoms with Crippen LogP contribution in [0.2, 0.25) is 0 Å². The Morgan fingerprint density at radius 1 is 1.08 bits per heavy atom. The van der Waals surface area contributed by atoms with Crippen molar-refractivity contribution in [3.05, 3.63) is 23.5 Å². The smallest absolute Gasteiger partial charge is 0.254 e. The Kier molecular flexibility index (Phi) is 4.88. The molecule has 0 bridgehead atoms. The monoisotopic (exact) mass is 328 g/mol. The molecular formula is C19H28N4O. The third-order valence-corrected chi connectivity index (χ3v) is 4.79. The van der Waals surface area contributed by atoms with Crippen molar-refractivity contribution in [2.45, 2.75) is 65.3 Å². The van der Waals surface area contributed by atoms with Crippen LogP contribution in [-0.2, 0) is 0 Å². The van der Waals surface area contributed by atoms with E-state index < -0.39 is 0 Å². The Balaban J connectivity index is 2.09. The van der Waals surface area contributed by atoms with Gasteiger partial charge in [-0.3, -0.25) is 4.79 Å². The number of likely N-dealkylation sites (tertiary alicyclic amines) is 1. The summed E-state index contributed by atoms with van der Waals surface area (Å²) in [5.41, 5.74) is 2.55. The highest BCUT2D eigenvalue weighted by Gasteiger charge is 2.23. The molecule has 0 aromatic carbocycles. The van der Waals surface area contributed by atoms with Gasteiger partial charge in [-0.05, 0) is 38.7 Å². The van der Waals surface area contributed by atoms with Crippen LogP contribution < -0.4 is 0 Å². The van der Waals surface area contributed by atoms with E-state index in [1.165, 1.54) is 12.8 Å². The van der Waals surface area contributed by atoms with Crippen LogP contribution in [0.3, 0.4) is 0 Å². The number of amides is 1. The quantitative estimate of drug-likeness (QED) is 0.850. The third kappa shape index (κ3) is 3.17. The van der Waals surface area contributed by atoms with E-state index in [1.807, 2.05) is 15.6 Å². The molecule has 0 radical (unpaired) electrons. The number of nitrogens with zero attached hydrogens (tertiary/aromatic N) is 4. The summed E-state index contributed by atoms with van der Waals surface area (Å²) in [6.07, 6.45) is 6.44. The van der Waals surface area contributed by atoms with Crippen molar-refractivity contribution in [1.29, 1.82) is 0 Å². The number of hydrogen-bond acceptors (Lipinski definition) is 3. The lowest BCUT2D eigenvalue weighted by atomic mass is 10.0. The van der Waals surface area contributed by atoms with Crippen LogP contribution in [0.15, 0.2) is 12.3 Å². The number of pyridine rings is 1. The second-order valence-corrected chi connectivity index (χ2v) is 7.38. The molecular weight excluding hydrogens is 300 g/mol. The standard InChI is InChI=1S/C19H28N4O/c1-13(2)17-11-15(19(24)22-9-7-5-6-8-10-22)16-12-20-23(14(3)4)18(16)21-17/h11-14H,5-10H2,1-4H3. The first-order chi connectivity index (χ1) is 11.5. The highest BCUT2D eigenvalue weighted by molar-refractivity contribution is 6.05. The Morgan fingerprint density at radius 3 is 2.33 bits per heavy atom. The van der Waals surface area contributed by atoms with Gasteiger partial charge in [-0.1, -0.05) is 26.7 Å². The Labute approximate surface area is 144 Å². The molecule has 0 spiro atoms. The minimum Gasteiger partial charge on any atom is -0.339 e. The van der Waals surface area contributed by atoms with Crippen molar-refractivity contribution in [2.24, 2.45) is 0 Å². The fraction of sp³-hybridized carbons (Fsp3) is 0.632. The largest absolute Gasteiger partial charge is 0.339 e. The molecule has 1 amide bonds. The van der Waals surface area contributed by atoms with Gasteiger partial charge in [0.2, 0.25) is 0 Å². The zero-order valence-corrected chi connectivity index (χ0v) is 15.2. The molecule has 24 heavy (non-hydrogen) atoms. The molecule has 1 aliphatic rings. The topological polar surface area (TPSA) is 51.0 Å². The second kappa shape index (κ2) is 6.91. The van der Waals surface area contributed by atoms with Crippen LogP contribution in [-0.4, -0.2) is 38.7 Å². The predicted octanol–water partition coefficient (Wildman–Crippen LogP) is 4.15. The van der Waals surface area contributed by atoms with Crippen molar-refractivity contribution in [1.82, 2.24) is 19.7 Å². The number of aromatic nitrogens is 3. The molecule has 1 aliphatic heterocycles. The first kappa shape index (κ1) is 16.9. The van der Waals surface area contributed by atoms with Gasteiger partial charge in [0.05, 0.1) is 17.1 Å². The van der Waals surface area contributed by atoms with Gasteiger partial charge in [-0.15, -0.1) is 0 Å². The summed E-state index contributed by atoms with van der Waals surface area (Å²) in [6.45, 7) is 10.1. The van der Waals surface area contributed by atoms with Crippen LogP contribution in [0, 0.1) is 0 Å². The maximum atomic E-state index is 13.2. The second-order valence-electron chi connectivity index (χ2n) is 7.38. The average molecular weight is 328 g/mol. The van der Waals surface area contributed by atoms with E-state index in [0.29, 0.717) is 0 Å². The SMILES string of the molecule is CC(C)c1cc(C(=O)N2CCCCCC2)c2cnn(C(C)C)c2n1. The van der Waals surface area contributed by atoms with E-state index >= 15 is 0 Å². The van der Waals surface area contributed by atoms with Gasteiger partial charge in [-0.2, -0.15) is 5.10 Å². The molecule has 3 heterocycles. The molecule has 0 atom stereocenters. The summed E-state index contributed by atoms with van der Waals surface area (Å²) in [5.74, 6) is 0.412. The van der Waals surface area contributed by atoms with Gasteiger partial charge >= 0.3 is 0 Å². The molecule has 0 saturated carbocycles. The lowest BCUT2D eigenvalue weighted by Crippen LogP contribution is -2.32. The van der Waals surface area contributed by atoms with Crippen molar-refractivity contribution < 1.29 is 4.79 Å². The molecule has 1 saturated heterocycles. The Bertz CT molecular complexity index is 724. The molecule has 0 N–H and O–H groups in total. The van der Waals surface area contributed by atoms with E-state index in [9.17, 15) is 4.79 Å². The van der Waals surface area contributed by atoms with Gasteiger partial charge < -0.3 is 4.90 Å². The van der Waals surface area contributed by atoms with Crippen molar-refractivity contribution in [2.75, 3.05) is 13.1 Å². The molecule has 2 aromatic heterocycles. The average Bonchev–Trinajstić information content (AvgIpc) is 2.79. The molecule has 1 fully saturated rings. The lowest BCUT2D eigenvalue weighted by molar-refractivity contribution is 0.0763. The van der Waals surface area contributed by atoms with E-state index in [-0.39, 0.29) is 17.9 Å². The Morgan fingerprint density at radius 2 is 1.75 bits per heavy atom. The van der Waals surface area contributed by atoms with E-state index in [1.54, 1.807) is 6.20 Å². The summed E-state index contributed by atoms with van der Waals surface area (Å²) >= 11 is 0. The summed E-state index contributed by atoms with van der Waals surface area (Å²) in [6, 6.07) is 2.20. The highest BCUT2D eigenvalue weighted by atomic mass is 16.2. The van der Waals surface area contributed by atoms with Gasteiger partial charge in [-0.25, -0.2) is 9.67 Å². The van der Waals surface area contributed by atoms with E-state index in [0.717, 1.165) is 48.2 Å². The maximum Gasteiger partial charge on any atom is 0.254 e. The van der Waals surface area contributed by atoms with Gasteiger partial charge in [0.25, 0.3) is 5.91 Å². The molecule has 0 unspecified atom stereocenters. The fourth-order valence-electron chi connectivity index (χ4n) is 3.33. The van der Waals surface area contributed by atoms with Crippen LogP contribution in [0.5, 0.6) is 0 Å². The number of fused-ring (bicyclic) bond motifs is 1. The number of carbonyl (C=O) groups is 1. The van der Waals surface area contributed by atoms with Crippen molar-refractivity contribution in [3.63, 3.8) is 0 Å². The summed E-state index contributed by atoms with van der Waals surface area (Å²) in [5, 5.41) is 5.36. The molecule has 0 aliphatic carbocycles. The van der Waals surface area contributed by atoms with E-state index in [4.69, 9.17) is 4.98 Å². The van der Waals surface area contributed by atoms with Crippen LogP contribution >= 0.6 is 0 Å². The van der Waals surface area contributed by atoms with Gasteiger partial charge in [0.15, 0.2) is 5.65 Å². The summed E-state index contributed by atoms with van der Waals surface area (Å²) < 4.78 is 1.92. The number of hydrogen-bond donors (Lipinski definition) is 0. The maximum absolute atomic E-state index is 13.2. The first-order valence-corrected chi connectivity index (χ1v) is 9.16. The normalized spacial score (nSPS) is 16.2. The third-order valence-electron chi connectivity index (χ3n) is 4.79. The zero-order chi connectivity index (χ0) is 17.3. The summed E-state index contributed by atoms with van der Waals surface area (Å²) in [4.78, 5) is 20.0. The molecule has 5 nitrogen and oxygen atoms in total. The predicted molar refractivity (Wildman–Crippen MR) is 96.4 cm³/mol. The fourth-order valence-corrected chi connectivity index (χ4v) is 3.33. The Hall–Kier alpha value is -1.91. The zero-order valence-electron chi connectivity index (χ0n) is 15.2. The lowest BCUT2D eigenvalue weighted by Gasteiger charge is -2.21. The van der Waals surface area contributed by atoms with Crippen molar-refractivity contribution >= 4 is 16.9 Å². The van der Waals surface area contributed by atoms with Gasteiger partial charge in [0, 0.05) is 24.8 Å². The van der Waals surface area contributed by atoms with Crippen LogP contribution in [0.4, 0.5) is 0 Å². The van der Waals surface area contributed by atoms with E-state index in [2.05, 4.69) is 32.8 Å². The minimum atomic E-state index is 0.134. The number of carbonyl (C=O) groups excluding carboxylic acids is 1. The van der Waals surface area contributed by atoms with Gasteiger partial charge in [0.1, 0.15) is 0 Å². The molecule has 2 aromatic rings. The van der Waals surface area contributed by atoms with Crippen LogP contribution in [0.1, 0.15) is 81.4 Å². The molecule has 3 rings (SSSR count).